The highest BCUT2D eigenvalue weighted by Crippen LogP contribution is 2.09. The van der Waals surface area contributed by atoms with Crippen LogP contribution in [0.25, 0.3) is 0 Å². The van der Waals surface area contributed by atoms with Crippen molar-refractivity contribution in [1.82, 2.24) is 10.2 Å². The van der Waals surface area contributed by atoms with E-state index in [1.165, 1.54) is 18.5 Å². The summed E-state index contributed by atoms with van der Waals surface area (Å²) in [6, 6.07) is 11.3. The van der Waals surface area contributed by atoms with Gasteiger partial charge in [-0.25, -0.2) is 0 Å². The van der Waals surface area contributed by atoms with Gasteiger partial charge in [-0.2, -0.15) is 0 Å². The second-order valence-electron chi connectivity index (χ2n) is 4.65. The highest BCUT2D eigenvalue weighted by Gasteiger charge is 2.19. The second-order valence-corrected chi connectivity index (χ2v) is 4.65. The molecule has 1 fully saturated rings. The van der Waals surface area contributed by atoms with Gasteiger partial charge in [0.25, 0.3) is 0 Å². The molecule has 0 aromatic heterocycles. The van der Waals surface area contributed by atoms with Crippen molar-refractivity contribution in [2.75, 3.05) is 33.4 Å². The third kappa shape index (κ3) is 4.11. The van der Waals surface area contributed by atoms with Crippen LogP contribution in [0.1, 0.15) is 12.0 Å². The summed E-state index contributed by atoms with van der Waals surface area (Å²) in [5.41, 5.74) is 1.38. The number of methoxy groups -OCH3 is 1. The SMILES string of the molecule is COCCN(Cc1ccccc1)CC1CCN1. The van der Waals surface area contributed by atoms with Crippen LogP contribution in [0.2, 0.25) is 0 Å². The van der Waals surface area contributed by atoms with Crippen molar-refractivity contribution >= 4 is 0 Å². The Labute approximate surface area is 104 Å². The lowest BCUT2D eigenvalue weighted by Crippen LogP contribution is -2.50. The molecule has 1 aliphatic heterocycles. The molecule has 94 valence electrons. The van der Waals surface area contributed by atoms with E-state index in [1.807, 2.05) is 0 Å². The van der Waals surface area contributed by atoms with Crippen LogP contribution >= 0.6 is 0 Å². The molecule has 0 radical (unpaired) electrons. The molecule has 1 heterocycles. The summed E-state index contributed by atoms with van der Waals surface area (Å²) in [5, 5.41) is 3.46. The van der Waals surface area contributed by atoms with Crippen molar-refractivity contribution in [1.29, 1.82) is 0 Å². The Morgan fingerprint density at radius 2 is 2.12 bits per heavy atom. The van der Waals surface area contributed by atoms with Crippen LogP contribution < -0.4 is 5.32 Å². The summed E-state index contributed by atoms with van der Waals surface area (Å²) in [6.07, 6.45) is 1.30. The maximum Gasteiger partial charge on any atom is 0.0589 e. The fourth-order valence-corrected chi connectivity index (χ4v) is 2.11. The summed E-state index contributed by atoms with van der Waals surface area (Å²) in [6.45, 7) is 5.12. The van der Waals surface area contributed by atoms with Crippen LogP contribution in [0.5, 0.6) is 0 Å². The maximum absolute atomic E-state index is 5.18. The molecule has 3 nitrogen and oxygen atoms in total. The molecule has 3 heteroatoms. The Kier molecular flexibility index (Phi) is 4.98. The zero-order chi connectivity index (χ0) is 11.9. The Hall–Kier alpha value is -0.900. The lowest BCUT2D eigenvalue weighted by atomic mass is 10.1. The molecule has 1 aliphatic rings. The number of benzene rings is 1. The first kappa shape index (κ1) is 12.6. The Morgan fingerprint density at radius 3 is 2.71 bits per heavy atom. The molecule has 1 aromatic carbocycles. The molecule has 0 amide bonds. The molecular formula is C14H22N2O. The maximum atomic E-state index is 5.18. The average molecular weight is 234 g/mol. The molecule has 1 unspecified atom stereocenters. The van der Waals surface area contributed by atoms with E-state index >= 15 is 0 Å². The Morgan fingerprint density at radius 1 is 1.35 bits per heavy atom. The van der Waals surface area contributed by atoms with Gasteiger partial charge in [-0.05, 0) is 18.5 Å². The van der Waals surface area contributed by atoms with Crippen molar-refractivity contribution in [3.63, 3.8) is 0 Å². The predicted molar refractivity (Wildman–Crippen MR) is 70.0 cm³/mol. The fourth-order valence-electron chi connectivity index (χ4n) is 2.11. The van der Waals surface area contributed by atoms with E-state index in [-0.39, 0.29) is 0 Å². The largest absolute Gasteiger partial charge is 0.383 e. The van der Waals surface area contributed by atoms with E-state index in [4.69, 9.17) is 4.74 Å². The van der Waals surface area contributed by atoms with E-state index in [9.17, 15) is 0 Å². The van der Waals surface area contributed by atoms with E-state index in [1.54, 1.807) is 7.11 Å². The van der Waals surface area contributed by atoms with Crippen molar-refractivity contribution in [2.45, 2.75) is 19.0 Å². The lowest BCUT2D eigenvalue weighted by Gasteiger charge is -2.33. The lowest BCUT2D eigenvalue weighted by molar-refractivity contribution is 0.128. The Balaban J connectivity index is 1.85. The number of nitrogens with zero attached hydrogens (tertiary/aromatic N) is 1. The fraction of sp³-hybridized carbons (Fsp3) is 0.571. The zero-order valence-corrected chi connectivity index (χ0v) is 10.6. The van der Waals surface area contributed by atoms with Gasteiger partial charge in [0.15, 0.2) is 0 Å². The van der Waals surface area contributed by atoms with Gasteiger partial charge < -0.3 is 10.1 Å². The van der Waals surface area contributed by atoms with Gasteiger partial charge in [0, 0.05) is 32.8 Å². The molecule has 0 bridgehead atoms. The molecule has 1 N–H and O–H groups in total. The van der Waals surface area contributed by atoms with Gasteiger partial charge in [-0.3, -0.25) is 4.90 Å². The van der Waals surface area contributed by atoms with Gasteiger partial charge in [0.2, 0.25) is 0 Å². The summed E-state index contributed by atoms with van der Waals surface area (Å²) >= 11 is 0. The Bertz CT molecular complexity index is 311. The minimum atomic E-state index is 0.676. The first-order valence-electron chi connectivity index (χ1n) is 6.37. The van der Waals surface area contributed by atoms with Gasteiger partial charge in [-0.15, -0.1) is 0 Å². The second kappa shape index (κ2) is 6.74. The summed E-state index contributed by atoms with van der Waals surface area (Å²) in [5.74, 6) is 0. The molecule has 1 aromatic rings. The average Bonchev–Trinajstić information content (AvgIpc) is 2.31. The van der Waals surface area contributed by atoms with Crippen LogP contribution in [0.15, 0.2) is 30.3 Å². The molecule has 1 atom stereocenters. The highest BCUT2D eigenvalue weighted by molar-refractivity contribution is 5.14. The number of ether oxygens (including phenoxy) is 1. The van der Waals surface area contributed by atoms with Crippen molar-refractivity contribution in [3.8, 4) is 0 Å². The number of nitrogens with one attached hydrogen (secondary N) is 1. The van der Waals surface area contributed by atoms with E-state index in [0.717, 1.165) is 26.2 Å². The van der Waals surface area contributed by atoms with Crippen LogP contribution in [-0.4, -0.2) is 44.3 Å². The summed E-state index contributed by atoms with van der Waals surface area (Å²) in [7, 11) is 1.77. The molecule has 0 aliphatic carbocycles. The molecule has 0 spiro atoms. The minimum absolute atomic E-state index is 0.676. The summed E-state index contributed by atoms with van der Waals surface area (Å²) in [4.78, 5) is 2.47. The topological polar surface area (TPSA) is 24.5 Å². The van der Waals surface area contributed by atoms with Crippen LogP contribution in [0.4, 0.5) is 0 Å². The number of rotatable bonds is 7. The summed E-state index contributed by atoms with van der Waals surface area (Å²) < 4.78 is 5.18. The third-order valence-electron chi connectivity index (χ3n) is 3.27. The van der Waals surface area contributed by atoms with Crippen molar-refractivity contribution < 1.29 is 4.74 Å². The van der Waals surface area contributed by atoms with E-state index < -0.39 is 0 Å². The number of hydrogen-bond acceptors (Lipinski definition) is 3. The van der Waals surface area contributed by atoms with Gasteiger partial charge in [0.1, 0.15) is 0 Å². The first-order chi connectivity index (χ1) is 8.38. The van der Waals surface area contributed by atoms with Crippen LogP contribution in [-0.2, 0) is 11.3 Å². The van der Waals surface area contributed by atoms with Crippen LogP contribution in [0, 0.1) is 0 Å². The standard InChI is InChI=1S/C14H22N2O/c1-17-10-9-16(12-14-7-8-15-14)11-13-5-3-2-4-6-13/h2-6,14-15H,7-12H2,1H3. The van der Waals surface area contributed by atoms with E-state index in [2.05, 4.69) is 40.5 Å². The minimum Gasteiger partial charge on any atom is -0.383 e. The quantitative estimate of drug-likeness (QED) is 0.774. The highest BCUT2D eigenvalue weighted by atomic mass is 16.5. The molecule has 2 rings (SSSR count). The van der Waals surface area contributed by atoms with Crippen molar-refractivity contribution in [3.05, 3.63) is 35.9 Å². The monoisotopic (exact) mass is 234 g/mol. The van der Waals surface area contributed by atoms with Crippen LogP contribution in [0.3, 0.4) is 0 Å². The molecule has 0 saturated carbocycles. The van der Waals surface area contributed by atoms with Crippen molar-refractivity contribution in [2.24, 2.45) is 0 Å². The molecule has 17 heavy (non-hydrogen) atoms. The molecule has 1 saturated heterocycles. The first-order valence-corrected chi connectivity index (χ1v) is 6.37. The van der Waals surface area contributed by atoms with E-state index in [0.29, 0.717) is 6.04 Å². The molecular weight excluding hydrogens is 212 g/mol. The van der Waals surface area contributed by atoms with Gasteiger partial charge in [0.05, 0.1) is 6.61 Å². The van der Waals surface area contributed by atoms with Gasteiger partial charge in [-0.1, -0.05) is 30.3 Å². The number of hydrogen-bond donors (Lipinski definition) is 1. The normalized spacial score (nSPS) is 19.3. The predicted octanol–water partition coefficient (Wildman–Crippen LogP) is 1.50. The zero-order valence-electron chi connectivity index (χ0n) is 10.6. The third-order valence-corrected chi connectivity index (χ3v) is 3.27. The van der Waals surface area contributed by atoms with Gasteiger partial charge >= 0.3 is 0 Å². The smallest absolute Gasteiger partial charge is 0.0589 e.